The highest BCUT2D eigenvalue weighted by molar-refractivity contribution is 5.83. The molecule has 0 aromatic heterocycles. The number of rotatable bonds is 20. The maximum Gasteiger partial charge on any atom is 0.326 e. The van der Waals surface area contributed by atoms with Crippen LogP contribution in [-0.4, -0.2) is 45.5 Å². The summed E-state index contributed by atoms with van der Waals surface area (Å²) in [4.78, 5) is 35.4. The minimum Gasteiger partial charge on any atom is -0.481 e. The third-order valence-electron chi connectivity index (χ3n) is 5.36. The molecule has 6 nitrogen and oxygen atoms in total. The molecule has 0 aliphatic carbocycles. The van der Waals surface area contributed by atoms with E-state index in [2.05, 4.69) is 19.1 Å². The quantitative estimate of drug-likeness (QED) is 0.190. The van der Waals surface area contributed by atoms with Gasteiger partial charge in [0, 0.05) is 13.0 Å². The summed E-state index contributed by atoms with van der Waals surface area (Å²) in [5.41, 5.74) is 0. The lowest BCUT2D eigenvalue weighted by atomic mass is 10.1. The van der Waals surface area contributed by atoms with Crippen molar-refractivity contribution in [2.45, 2.75) is 116 Å². The topological polar surface area (TPSA) is 94.9 Å². The molecular weight excluding hydrogens is 382 g/mol. The van der Waals surface area contributed by atoms with Gasteiger partial charge in [0.15, 0.2) is 0 Å². The van der Waals surface area contributed by atoms with E-state index in [4.69, 9.17) is 10.2 Å². The molecular formula is C24H43NO5. The standard InChI is InChI=1S/C24H43NO5/c1-3-4-5-6-7-8-9-10-11-12-13-14-15-16-17-18-22(26)25(20-19-23(27)28)21(2)24(29)30/h10-11,21H,3-9,12-20H2,1-2H3,(H,27,28)(H,29,30)/t21-/m0/s1. The smallest absolute Gasteiger partial charge is 0.326 e. The summed E-state index contributed by atoms with van der Waals surface area (Å²) in [6.45, 7) is 3.60. The van der Waals surface area contributed by atoms with Gasteiger partial charge in [-0.3, -0.25) is 9.59 Å². The second-order valence-electron chi connectivity index (χ2n) is 8.08. The van der Waals surface area contributed by atoms with Crippen LogP contribution in [0.15, 0.2) is 12.2 Å². The van der Waals surface area contributed by atoms with E-state index in [1.54, 1.807) is 0 Å². The van der Waals surface area contributed by atoms with Crippen molar-refractivity contribution in [1.29, 1.82) is 0 Å². The molecule has 6 heteroatoms. The van der Waals surface area contributed by atoms with E-state index in [-0.39, 0.29) is 25.3 Å². The van der Waals surface area contributed by atoms with Crippen LogP contribution >= 0.6 is 0 Å². The van der Waals surface area contributed by atoms with Crippen molar-refractivity contribution < 1.29 is 24.6 Å². The first-order chi connectivity index (χ1) is 14.4. The average molecular weight is 426 g/mol. The largest absolute Gasteiger partial charge is 0.481 e. The van der Waals surface area contributed by atoms with Gasteiger partial charge in [-0.05, 0) is 39.0 Å². The summed E-state index contributed by atoms with van der Waals surface area (Å²) in [5, 5.41) is 17.9. The Morgan fingerprint density at radius 3 is 1.77 bits per heavy atom. The van der Waals surface area contributed by atoms with Gasteiger partial charge in [-0.2, -0.15) is 0 Å². The molecule has 0 saturated carbocycles. The number of allylic oxidation sites excluding steroid dienone is 2. The van der Waals surface area contributed by atoms with Crippen LogP contribution in [0, 0.1) is 0 Å². The number of amides is 1. The van der Waals surface area contributed by atoms with Crippen molar-refractivity contribution in [2.75, 3.05) is 6.54 Å². The lowest BCUT2D eigenvalue weighted by Gasteiger charge is -2.26. The molecule has 0 radical (unpaired) electrons. The van der Waals surface area contributed by atoms with Crippen LogP contribution in [-0.2, 0) is 14.4 Å². The second-order valence-corrected chi connectivity index (χ2v) is 8.08. The predicted octanol–water partition coefficient (Wildman–Crippen LogP) is 5.80. The Morgan fingerprint density at radius 2 is 1.27 bits per heavy atom. The van der Waals surface area contributed by atoms with Crippen molar-refractivity contribution in [3.8, 4) is 0 Å². The van der Waals surface area contributed by atoms with E-state index < -0.39 is 18.0 Å². The highest BCUT2D eigenvalue weighted by atomic mass is 16.4. The molecule has 0 rings (SSSR count). The first kappa shape index (κ1) is 28.1. The van der Waals surface area contributed by atoms with Gasteiger partial charge in [-0.25, -0.2) is 4.79 Å². The van der Waals surface area contributed by atoms with Gasteiger partial charge in [-0.1, -0.05) is 70.4 Å². The zero-order valence-electron chi connectivity index (χ0n) is 19.1. The molecule has 0 saturated heterocycles. The molecule has 0 fully saturated rings. The normalized spacial score (nSPS) is 12.2. The van der Waals surface area contributed by atoms with E-state index in [1.165, 1.54) is 56.8 Å². The van der Waals surface area contributed by atoms with Gasteiger partial charge in [0.1, 0.15) is 6.04 Å². The zero-order chi connectivity index (χ0) is 22.6. The van der Waals surface area contributed by atoms with Crippen molar-refractivity contribution >= 4 is 17.8 Å². The molecule has 0 heterocycles. The summed E-state index contributed by atoms with van der Waals surface area (Å²) < 4.78 is 0. The predicted molar refractivity (Wildman–Crippen MR) is 121 cm³/mol. The average Bonchev–Trinajstić information content (AvgIpc) is 2.70. The fourth-order valence-corrected chi connectivity index (χ4v) is 3.37. The Balaban J connectivity index is 3.77. The van der Waals surface area contributed by atoms with Gasteiger partial charge < -0.3 is 15.1 Å². The summed E-state index contributed by atoms with van der Waals surface area (Å²) in [6.07, 6.45) is 19.9. The van der Waals surface area contributed by atoms with Crippen molar-refractivity contribution in [1.82, 2.24) is 4.90 Å². The maximum absolute atomic E-state index is 12.3. The molecule has 0 spiro atoms. The summed E-state index contributed by atoms with van der Waals surface area (Å²) in [5.74, 6) is -2.42. The van der Waals surface area contributed by atoms with Crippen LogP contribution in [0.25, 0.3) is 0 Å². The van der Waals surface area contributed by atoms with Crippen LogP contribution in [0.5, 0.6) is 0 Å². The molecule has 0 aliphatic heterocycles. The van der Waals surface area contributed by atoms with E-state index >= 15 is 0 Å². The Kier molecular flexibility index (Phi) is 18.0. The summed E-state index contributed by atoms with van der Waals surface area (Å²) in [7, 11) is 0. The molecule has 0 aromatic carbocycles. The highest BCUT2D eigenvalue weighted by Crippen LogP contribution is 2.12. The van der Waals surface area contributed by atoms with E-state index in [0.717, 1.165) is 32.1 Å². The number of aliphatic carboxylic acids is 2. The first-order valence-corrected chi connectivity index (χ1v) is 11.8. The Labute approximate surface area is 182 Å². The van der Waals surface area contributed by atoms with Crippen LogP contribution in [0.1, 0.15) is 110 Å². The lowest BCUT2D eigenvalue weighted by molar-refractivity contribution is -0.150. The Morgan fingerprint density at radius 1 is 0.767 bits per heavy atom. The molecule has 0 aromatic rings. The highest BCUT2D eigenvalue weighted by Gasteiger charge is 2.25. The minimum atomic E-state index is -1.11. The third kappa shape index (κ3) is 16.0. The monoisotopic (exact) mass is 425 g/mol. The second kappa shape index (κ2) is 19.1. The van der Waals surface area contributed by atoms with Gasteiger partial charge in [-0.15, -0.1) is 0 Å². The lowest BCUT2D eigenvalue weighted by Crippen LogP contribution is -2.44. The Hall–Kier alpha value is -1.85. The van der Waals surface area contributed by atoms with Crippen LogP contribution in [0.3, 0.4) is 0 Å². The Bertz CT molecular complexity index is 504. The molecule has 0 unspecified atom stereocenters. The fraction of sp³-hybridized carbons (Fsp3) is 0.792. The number of carbonyl (C=O) groups is 3. The molecule has 0 aliphatic rings. The van der Waals surface area contributed by atoms with Crippen molar-refractivity contribution in [3.63, 3.8) is 0 Å². The van der Waals surface area contributed by atoms with E-state index in [9.17, 15) is 14.4 Å². The molecule has 0 bridgehead atoms. The van der Waals surface area contributed by atoms with Crippen molar-refractivity contribution in [3.05, 3.63) is 12.2 Å². The number of carbonyl (C=O) groups excluding carboxylic acids is 1. The SMILES string of the molecule is CCCCCCCCC=CCCCCCCCC(=O)N(CCC(=O)O)[C@@H](C)C(=O)O. The molecule has 1 amide bonds. The molecule has 2 N–H and O–H groups in total. The number of hydrogen-bond acceptors (Lipinski definition) is 3. The molecule has 30 heavy (non-hydrogen) atoms. The van der Waals surface area contributed by atoms with Gasteiger partial charge >= 0.3 is 11.9 Å². The maximum atomic E-state index is 12.3. The number of hydrogen-bond donors (Lipinski definition) is 2. The third-order valence-corrected chi connectivity index (χ3v) is 5.36. The first-order valence-electron chi connectivity index (χ1n) is 11.8. The van der Waals surface area contributed by atoms with Gasteiger partial charge in [0.25, 0.3) is 0 Å². The zero-order valence-corrected chi connectivity index (χ0v) is 19.1. The van der Waals surface area contributed by atoms with Crippen LogP contribution in [0.4, 0.5) is 0 Å². The van der Waals surface area contributed by atoms with E-state index in [0.29, 0.717) is 6.42 Å². The van der Waals surface area contributed by atoms with Gasteiger partial charge in [0.2, 0.25) is 5.91 Å². The van der Waals surface area contributed by atoms with E-state index in [1.807, 2.05) is 0 Å². The molecule has 1 atom stereocenters. The number of carboxylic acid groups (broad SMARTS) is 2. The van der Waals surface area contributed by atoms with Crippen LogP contribution in [0.2, 0.25) is 0 Å². The summed E-state index contributed by atoms with van der Waals surface area (Å²) in [6, 6.07) is -1.00. The molecule has 174 valence electrons. The summed E-state index contributed by atoms with van der Waals surface area (Å²) >= 11 is 0. The minimum absolute atomic E-state index is 0.0628. The van der Waals surface area contributed by atoms with Crippen LogP contribution < -0.4 is 0 Å². The fourth-order valence-electron chi connectivity index (χ4n) is 3.37. The number of unbranched alkanes of at least 4 members (excludes halogenated alkanes) is 11. The number of nitrogens with zero attached hydrogens (tertiary/aromatic N) is 1. The van der Waals surface area contributed by atoms with Gasteiger partial charge in [0.05, 0.1) is 6.42 Å². The number of carboxylic acids is 2. The van der Waals surface area contributed by atoms with Crippen molar-refractivity contribution in [2.24, 2.45) is 0 Å².